The second kappa shape index (κ2) is 13.3. The van der Waals surface area contributed by atoms with E-state index in [1.807, 2.05) is 7.05 Å². The van der Waals surface area contributed by atoms with Crippen molar-refractivity contribution in [3.05, 3.63) is 0 Å². The molecule has 0 aromatic heterocycles. The highest BCUT2D eigenvalue weighted by molar-refractivity contribution is 5.66. The van der Waals surface area contributed by atoms with Crippen molar-refractivity contribution in [3.63, 3.8) is 0 Å². The first-order valence-corrected chi connectivity index (χ1v) is 6.77. The number of amides is 1. The molecule has 0 unspecified atom stereocenters. The van der Waals surface area contributed by atoms with E-state index in [1.54, 1.807) is 0 Å². The number of alkyl carbamates (subject to hydrolysis) is 1. The molecule has 0 aliphatic heterocycles. The number of hydrogen-bond donors (Lipinski definition) is 2. The van der Waals surface area contributed by atoms with Gasteiger partial charge in [-0.25, -0.2) is 4.79 Å². The van der Waals surface area contributed by atoms with E-state index < -0.39 is 0 Å². The number of nitrogens with one attached hydrogen (secondary N) is 2. The Hall–Kier alpha value is -0.770. The van der Waals surface area contributed by atoms with Crippen molar-refractivity contribution in [3.8, 4) is 0 Å². The van der Waals surface area contributed by atoms with Gasteiger partial charge in [-0.05, 0) is 26.4 Å². The number of hydrogen-bond acceptors (Lipinski definition) is 3. The first kappa shape index (κ1) is 16.2. The summed E-state index contributed by atoms with van der Waals surface area (Å²) in [5, 5.41) is 5.85. The van der Waals surface area contributed by atoms with Crippen molar-refractivity contribution in [2.45, 2.75) is 51.4 Å². The Bertz CT molecular complexity index is 175. The number of unbranched alkanes of at least 4 members (excludes halogenated alkanes) is 7. The molecule has 1 amide bonds. The van der Waals surface area contributed by atoms with Crippen LogP contribution in [0.25, 0.3) is 0 Å². The summed E-state index contributed by atoms with van der Waals surface area (Å²) in [5.41, 5.74) is 0. The maximum Gasteiger partial charge on any atom is 0.406 e. The summed E-state index contributed by atoms with van der Waals surface area (Å²) in [7, 11) is 3.39. The first-order chi connectivity index (χ1) is 8.31. The Morgan fingerprint density at radius 2 is 1.35 bits per heavy atom. The third-order valence-electron chi connectivity index (χ3n) is 2.81. The third-order valence-corrected chi connectivity index (χ3v) is 2.81. The normalized spacial score (nSPS) is 10.2. The van der Waals surface area contributed by atoms with Crippen LogP contribution in [-0.2, 0) is 4.74 Å². The van der Waals surface area contributed by atoms with Crippen molar-refractivity contribution < 1.29 is 9.53 Å². The van der Waals surface area contributed by atoms with Crippen LogP contribution in [0.15, 0.2) is 0 Å². The molecule has 0 bridgehead atoms. The van der Waals surface area contributed by atoms with Gasteiger partial charge in [0.2, 0.25) is 0 Å². The van der Waals surface area contributed by atoms with Crippen LogP contribution in [0.5, 0.6) is 0 Å². The lowest BCUT2D eigenvalue weighted by molar-refractivity contribution is 0.171. The largest absolute Gasteiger partial charge is 0.453 e. The van der Waals surface area contributed by atoms with Gasteiger partial charge in [-0.3, -0.25) is 0 Å². The van der Waals surface area contributed by atoms with Crippen LogP contribution < -0.4 is 10.6 Å². The highest BCUT2D eigenvalue weighted by atomic mass is 16.5. The monoisotopic (exact) mass is 244 g/mol. The Balaban J connectivity index is 2.96. The molecular formula is C13H28N2O2. The number of ether oxygens (including phenoxy) is 1. The molecule has 4 heteroatoms. The molecule has 102 valence electrons. The van der Waals surface area contributed by atoms with Gasteiger partial charge < -0.3 is 15.4 Å². The van der Waals surface area contributed by atoms with E-state index in [4.69, 9.17) is 0 Å². The van der Waals surface area contributed by atoms with Gasteiger partial charge in [-0.1, -0.05) is 38.5 Å². The first-order valence-electron chi connectivity index (χ1n) is 6.77. The van der Waals surface area contributed by atoms with Gasteiger partial charge in [0.05, 0.1) is 7.11 Å². The molecule has 0 fully saturated rings. The molecular weight excluding hydrogens is 216 g/mol. The number of carbonyl (C=O) groups excluding carboxylic acids is 1. The van der Waals surface area contributed by atoms with Crippen LogP contribution in [0.2, 0.25) is 0 Å². The van der Waals surface area contributed by atoms with Crippen LogP contribution in [0, 0.1) is 0 Å². The molecule has 0 atom stereocenters. The van der Waals surface area contributed by atoms with Gasteiger partial charge in [0.1, 0.15) is 0 Å². The van der Waals surface area contributed by atoms with Crippen molar-refractivity contribution in [2.24, 2.45) is 0 Å². The molecule has 0 aliphatic carbocycles. The molecule has 0 aromatic carbocycles. The Morgan fingerprint density at radius 3 is 1.82 bits per heavy atom. The van der Waals surface area contributed by atoms with E-state index in [0.29, 0.717) is 0 Å². The van der Waals surface area contributed by atoms with Crippen LogP contribution >= 0.6 is 0 Å². The van der Waals surface area contributed by atoms with E-state index in [1.165, 1.54) is 52.1 Å². The highest BCUT2D eigenvalue weighted by Gasteiger charge is 1.96. The summed E-state index contributed by atoms with van der Waals surface area (Å²) >= 11 is 0. The maximum atomic E-state index is 10.7. The number of methoxy groups -OCH3 is 1. The van der Waals surface area contributed by atoms with E-state index in [9.17, 15) is 4.79 Å². The predicted molar refractivity (Wildman–Crippen MR) is 71.3 cm³/mol. The molecule has 0 aliphatic rings. The van der Waals surface area contributed by atoms with E-state index in [2.05, 4.69) is 15.4 Å². The van der Waals surface area contributed by atoms with Gasteiger partial charge >= 0.3 is 6.09 Å². The van der Waals surface area contributed by atoms with Gasteiger partial charge in [0, 0.05) is 6.54 Å². The summed E-state index contributed by atoms with van der Waals surface area (Å²) in [6.45, 7) is 1.87. The average molecular weight is 244 g/mol. The molecule has 0 radical (unpaired) electrons. The van der Waals surface area contributed by atoms with Gasteiger partial charge in [0.25, 0.3) is 0 Å². The number of carbonyl (C=O) groups is 1. The predicted octanol–water partition coefficient (Wildman–Crippen LogP) is 2.68. The Labute approximate surface area is 105 Å². The fourth-order valence-electron chi connectivity index (χ4n) is 1.75. The minimum Gasteiger partial charge on any atom is -0.453 e. The van der Waals surface area contributed by atoms with Crippen molar-refractivity contribution >= 4 is 6.09 Å². The standard InChI is InChI=1S/C13H28N2O2/c1-14-11-9-7-5-3-4-6-8-10-12-15-13(16)17-2/h14H,3-12H2,1-2H3,(H,15,16). The van der Waals surface area contributed by atoms with Crippen molar-refractivity contribution in [2.75, 3.05) is 27.2 Å². The average Bonchev–Trinajstić information content (AvgIpc) is 2.35. The highest BCUT2D eigenvalue weighted by Crippen LogP contribution is 2.07. The molecule has 0 heterocycles. The van der Waals surface area contributed by atoms with Gasteiger partial charge in [-0.2, -0.15) is 0 Å². The van der Waals surface area contributed by atoms with Gasteiger partial charge in [-0.15, -0.1) is 0 Å². The number of rotatable bonds is 11. The molecule has 0 saturated heterocycles. The van der Waals surface area contributed by atoms with E-state index >= 15 is 0 Å². The lowest BCUT2D eigenvalue weighted by Crippen LogP contribution is -2.23. The summed E-state index contributed by atoms with van der Waals surface area (Å²) in [6.07, 6.45) is 9.83. The van der Waals surface area contributed by atoms with Crippen LogP contribution in [0.3, 0.4) is 0 Å². The Kier molecular flexibility index (Phi) is 12.7. The van der Waals surface area contributed by atoms with Crippen LogP contribution in [-0.4, -0.2) is 33.3 Å². The Morgan fingerprint density at radius 1 is 0.882 bits per heavy atom. The fraction of sp³-hybridized carbons (Fsp3) is 0.923. The molecule has 0 rings (SSSR count). The summed E-state index contributed by atoms with van der Waals surface area (Å²) in [4.78, 5) is 10.7. The van der Waals surface area contributed by atoms with E-state index in [-0.39, 0.29) is 6.09 Å². The molecule has 0 saturated carbocycles. The summed E-state index contributed by atoms with van der Waals surface area (Å²) < 4.78 is 4.49. The van der Waals surface area contributed by atoms with Gasteiger partial charge in [0.15, 0.2) is 0 Å². The molecule has 4 nitrogen and oxygen atoms in total. The lowest BCUT2D eigenvalue weighted by Gasteiger charge is -2.04. The second-order valence-corrected chi connectivity index (χ2v) is 4.35. The zero-order valence-corrected chi connectivity index (χ0v) is 11.4. The van der Waals surface area contributed by atoms with Crippen LogP contribution in [0.4, 0.5) is 4.79 Å². The molecule has 17 heavy (non-hydrogen) atoms. The topological polar surface area (TPSA) is 50.4 Å². The zero-order valence-electron chi connectivity index (χ0n) is 11.4. The quantitative estimate of drug-likeness (QED) is 0.549. The summed E-state index contributed by atoms with van der Waals surface area (Å²) in [5.74, 6) is 0. The molecule has 0 aromatic rings. The minimum atomic E-state index is -0.325. The van der Waals surface area contributed by atoms with Crippen LogP contribution in [0.1, 0.15) is 51.4 Å². The summed E-state index contributed by atoms with van der Waals surface area (Å²) in [6, 6.07) is 0. The molecule has 0 spiro atoms. The second-order valence-electron chi connectivity index (χ2n) is 4.35. The SMILES string of the molecule is CNCCCCCCCCCCNC(=O)OC. The lowest BCUT2D eigenvalue weighted by atomic mass is 10.1. The smallest absolute Gasteiger partial charge is 0.406 e. The van der Waals surface area contributed by atoms with E-state index in [0.717, 1.165) is 19.5 Å². The minimum absolute atomic E-state index is 0.325. The third kappa shape index (κ3) is 13.2. The zero-order chi connectivity index (χ0) is 12.8. The maximum absolute atomic E-state index is 10.7. The van der Waals surface area contributed by atoms with Crippen molar-refractivity contribution in [1.82, 2.24) is 10.6 Å². The van der Waals surface area contributed by atoms with Crippen molar-refractivity contribution in [1.29, 1.82) is 0 Å². The fourth-order valence-corrected chi connectivity index (χ4v) is 1.75. The molecule has 2 N–H and O–H groups in total.